The fourth-order valence-corrected chi connectivity index (χ4v) is 3.48. The molecule has 3 N–H and O–H groups in total. The Morgan fingerprint density at radius 2 is 2.00 bits per heavy atom. The quantitative estimate of drug-likeness (QED) is 0.522. The number of pyridine rings is 1. The molecule has 8 heteroatoms. The average Bonchev–Trinajstić information content (AvgIpc) is 3.16. The minimum atomic E-state index is 0.307. The molecular weight excluding hydrogens is 376 g/mol. The van der Waals surface area contributed by atoms with Gasteiger partial charge < -0.3 is 15.4 Å². The van der Waals surface area contributed by atoms with Gasteiger partial charge in [-0.25, -0.2) is 4.98 Å². The van der Waals surface area contributed by atoms with E-state index in [2.05, 4.69) is 15.0 Å². The number of ether oxygens (including phenoxy) is 1. The summed E-state index contributed by atoms with van der Waals surface area (Å²) >= 11 is 6.38. The molecule has 1 saturated heterocycles. The fourth-order valence-electron chi connectivity index (χ4n) is 3.26. The number of aromatic nitrogens is 3. The Bertz CT molecular complexity index is 1030. The molecule has 144 valence electrons. The van der Waals surface area contributed by atoms with Crippen molar-refractivity contribution in [2.75, 3.05) is 36.9 Å². The predicted molar refractivity (Wildman–Crippen MR) is 111 cm³/mol. The van der Waals surface area contributed by atoms with Crippen molar-refractivity contribution >= 4 is 28.8 Å². The zero-order valence-corrected chi connectivity index (χ0v) is 16.3. The lowest BCUT2D eigenvalue weighted by atomic mass is 9.97. The van der Waals surface area contributed by atoms with Gasteiger partial charge in [0.15, 0.2) is 0 Å². The number of nitrogens with two attached hydrogens (primary N) is 1. The van der Waals surface area contributed by atoms with Crippen LogP contribution in [0.5, 0.6) is 0 Å². The molecule has 28 heavy (non-hydrogen) atoms. The number of morpholine rings is 1. The molecule has 0 spiro atoms. The first-order valence-corrected chi connectivity index (χ1v) is 9.37. The maximum atomic E-state index is 8.75. The van der Waals surface area contributed by atoms with Crippen molar-refractivity contribution in [1.82, 2.24) is 14.8 Å². The molecule has 0 unspecified atom stereocenters. The summed E-state index contributed by atoms with van der Waals surface area (Å²) in [7, 11) is 1.86. The summed E-state index contributed by atoms with van der Waals surface area (Å²) in [5.41, 5.74) is 10.0. The van der Waals surface area contributed by atoms with Crippen LogP contribution in [0.25, 0.3) is 11.1 Å². The average molecular weight is 397 g/mol. The molecule has 0 atom stereocenters. The first-order valence-electron chi connectivity index (χ1n) is 8.99. The maximum absolute atomic E-state index is 8.75. The van der Waals surface area contributed by atoms with Crippen molar-refractivity contribution in [2.24, 2.45) is 7.05 Å². The summed E-state index contributed by atoms with van der Waals surface area (Å²) in [5, 5.41) is 13.4. The van der Waals surface area contributed by atoms with E-state index in [0.717, 1.165) is 35.6 Å². The first-order chi connectivity index (χ1) is 13.5. The highest BCUT2D eigenvalue weighted by atomic mass is 35.5. The molecule has 0 aliphatic carbocycles. The van der Waals surface area contributed by atoms with Gasteiger partial charge >= 0.3 is 0 Å². The lowest BCUT2D eigenvalue weighted by Gasteiger charge is -2.28. The summed E-state index contributed by atoms with van der Waals surface area (Å²) in [4.78, 5) is 6.61. The summed E-state index contributed by atoms with van der Waals surface area (Å²) < 4.78 is 7.13. The number of rotatable bonds is 4. The SMILES string of the molecule is Cn1cc(-c2cc(Cl)c(N)c(C(=N)c3ccnc(N4CCOCC4)c3)c2)cn1. The molecule has 1 aliphatic heterocycles. The lowest BCUT2D eigenvalue weighted by molar-refractivity contribution is 0.122. The second-order valence-corrected chi connectivity index (χ2v) is 7.11. The van der Waals surface area contributed by atoms with Crippen LogP contribution in [-0.4, -0.2) is 46.8 Å². The summed E-state index contributed by atoms with van der Waals surface area (Å²) in [6.07, 6.45) is 5.38. The first kappa shape index (κ1) is 18.5. The minimum Gasteiger partial charge on any atom is -0.397 e. The third-order valence-electron chi connectivity index (χ3n) is 4.81. The Morgan fingerprint density at radius 3 is 2.71 bits per heavy atom. The number of hydrogen-bond donors (Lipinski definition) is 2. The van der Waals surface area contributed by atoms with Gasteiger partial charge in [-0.3, -0.25) is 10.1 Å². The van der Waals surface area contributed by atoms with Gasteiger partial charge in [-0.1, -0.05) is 11.6 Å². The van der Waals surface area contributed by atoms with Gasteiger partial charge in [0.2, 0.25) is 0 Å². The summed E-state index contributed by atoms with van der Waals surface area (Å²) in [5.74, 6) is 0.832. The van der Waals surface area contributed by atoms with Crippen molar-refractivity contribution in [3.8, 4) is 11.1 Å². The lowest BCUT2D eigenvalue weighted by Crippen LogP contribution is -2.36. The van der Waals surface area contributed by atoms with Crippen LogP contribution in [-0.2, 0) is 11.8 Å². The van der Waals surface area contributed by atoms with E-state index in [9.17, 15) is 0 Å². The van der Waals surface area contributed by atoms with Crippen molar-refractivity contribution in [2.45, 2.75) is 0 Å². The van der Waals surface area contributed by atoms with Crippen LogP contribution in [0.3, 0.4) is 0 Å². The molecule has 1 aliphatic rings. The molecule has 7 nitrogen and oxygen atoms in total. The van der Waals surface area contributed by atoms with Crippen LogP contribution >= 0.6 is 11.6 Å². The number of hydrogen-bond acceptors (Lipinski definition) is 6. The Morgan fingerprint density at radius 1 is 1.21 bits per heavy atom. The molecular formula is C20H21ClN6O. The highest BCUT2D eigenvalue weighted by molar-refractivity contribution is 6.35. The van der Waals surface area contributed by atoms with E-state index in [1.54, 1.807) is 23.1 Å². The number of halogens is 1. The molecule has 1 fully saturated rings. The van der Waals surface area contributed by atoms with Gasteiger partial charge in [0.05, 0.1) is 35.8 Å². The van der Waals surface area contributed by atoms with E-state index in [4.69, 9.17) is 27.5 Å². The van der Waals surface area contributed by atoms with Gasteiger partial charge in [0, 0.05) is 49.2 Å². The zero-order valence-electron chi connectivity index (χ0n) is 15.5. The smallest absolute Gasteiger partial charge is 0.129 e. The second kappa shape index (κ2) is 7.61. The molecule has 0 saturated carbocycles. The number of benzene rings is 1. The van der Waals surface area contributed by atoms with Crippen molar-refractivity contribution in [3.05, 3.63) is 59.0 Å². The number of anilines is 2. The third kappa shape index (κ3) is 3.58. The van der Waals surface area contributed by atoms with Gasteiger partial charge in [-0.05, 0) is 29.8 Å². The van der Waals surface area contributed by atoms with E-state index in [0.29, 0.717) is 35.2 Å². The molecule has 3 heterocycles. The Labute approximate surface area is 168 Å². The van der Waals surface area contributed by atoms with E-state index >= 15 is 0 Å². The number of nitrogen functional groups attached to an aromatic ring is 1. The molecule has 0 radical (unpaired) electrons. The molecule has 0 amide bonds. The van der Waals surface area contributed by atoms with Crippen LogP contribution < -0.4 is 10.6 Å². The summed E-state index contributed by atoms with van der Waals surface area (Å²) in [6.45, 7) is 2.93. The number of nitrogens with one attached hydrogen (secondary N) is 1. The second-order valence-electron chi connectivity index (χ2n) is 6.70. The zero-order chi connectivity index (χ0) is 19.7. The van der Waals surface area contributed by atoms with Gasteiger partial charge in [0.25, 0.3) is 0 Å². The fraction of sp³-hybridized carbons (Fsp3) is 0.250. The molecule has 3 aromatic rings. The molecule has 2 aromatic heterocycles. The van der Waals surface area contributed by atoms with Gasteiger partial charge in [-0.15, -0.1) is 0 Å². The van der Waals surface area contributed by atoms with Crippen molar-refractivity contribution in [3.63, 3.8) is 0 Å². The van der Waals surface area contributed by atoms with Crippen LogP contribution in [0, 0.1) is 5.41 Å². The maximum Gasteiger partial charge on any atom is 0.129 e. The van der Waals surface area contributed by atoms with Crippen LogP contribution in [0.4, 0.5) is 11.5 Å². The standard InChI is InChI=1S/C20H21ClN6O/c1-26-12-15(11-25-26)14-8-16(20(23)17(21)9-14)19(22)13-2-3-24-18(10-13)27-4-6-28-7-5-27/h2-3,8-12,22H,4-7,23H2,1H3. The Balaban J connectivity index is 1.70. The number of nitrogens with zero attached hydrogens (tertiary/aromatic N) is 4. The monoisotopic (exact) mass is 396 g/mol. The van der Waals surface area contributed by atoms with E-state index in [1.807, 2.05) is 31.4 Å². The van der Waals surface area contributed by atoms with E-state index in [-0.39, 0.29) is 0 Å². The molecule has 1 aromatic carbocycles. The third-order valence-corrected chi connectivity index (χ3v) is 5.12. The van der Waals surface area contributed by atoms with E-state index in [1.165, 1.54) is 0 Å². The van der Waals surface area contributed by atoms with Crippen LogP contribution in [0.1, 0.15) is 11.1 Å². The molecule has 4 rings (SSSR count). The highest BCUT2D eigenvalue weighted by Crippen LogP contribution is 2.32. The summed E-state index contributed by atoms with van der Waals surface area (Å²) in [6, 6.07) is 7.42. The topological polar surface area (TPSA) is 93.0 Å². The normalized spacial score (nSPS) is 14.3. The Hall–Kier alpha value is -2.90. The number of aryl methyl sites for hydroxylation is 1. The van der Waals surface area contributed by atoms with E-state index < -0.39 is 0 Å². The highest BCUT2D eigenvalue weighted by Gasteiger charge is 2.17. The van der Waals surface area contributed by atoms with Crippen LogP contribution in [0.15, 0.2) is 42.9 Å². The predicted octanol–water partition coefficient (Wildman–Crippen LogP) is 2.97. The van der Waals surface area contributed by atoms with Gasteiger partial charge in [-0.2, -0.15) is 5.10 Å². The molecule has 0 bridgehead atoms. The van der Waals surface area contributed by atoms with Gasteiger partial charge in [0.1, 0.15) is 5.82 Å². The van der Waals surface area contributed by atoms with Crippen molar-refractivity contribution in [1.29, 1.82) is 5.41 Å². The Kier molecular flexibility index (Phi) is 5.02. The van der Waals surface area contributed by atoms with Crippen molar-refractivity contribution < 1.29 is 4.74 Å². The minimum absolute atomic E-state index is 0.307. The largest absolute Gasteiger partial charge is 0.397 e. The van der Waals surface area contributed by atoms with Crippen LogP contribution in [0.2, 0.25) is 5.02 Å².